The fourth-order valence-corrected chi connectivity index (χ4v) is 4.40. The summed E-state index contributed by atoms with van der Waals surface area (Å²) in [5.74, 6) is 1.26. The van der Waals surface area contributed by atoms with Crippen molar-refractivity contribution in [3.8, 4) is 12.1 Å². The summed E-state index contributed by atoms with van der Waals surface area (Å²) in [6.07, 6.45) is 5.95. The minimum absolute atomic E-state index is 0.0345. The molecule has 2 aromatic rings. The van der Waals surface area contributed by atoms with Crippen molar-refractivity contribution in [1.29, 1.82) is 10.5 Å². The number of hydrogen-bond donors (Lipinski definition) is 2. The minimum Gasteiger partial charge on any atom is -0.394 e. The van der Waals surface area contributed by atoms with E-state index in [4.69, 9.17) is 15.8 Å². The maximum absolute atomic E-state index is 9.80. The summed E-state index contributed by atoms with van der Waals surface area (Å²) in [5, 5.41) is 33.5. The van der Waals surface area contributed by atoms with Gasteiger partial charge >= 0.3 is 0 Å². The van der Waals surface area contributed by atoms with Crippen LogP contribution in [-0.2, 0) is 18.7 Å². The maximum atomic E-state index is 9.80. The van der Waals surface area contributed by atoms with Crippen LogP contribution in [0, 0.1) is 22.7 Å². The first-order valence-electron chi connectivity index (χ1n) is 9.73. The molecule has 0 saturated carbocycles. The number of piperidine rings is 1. The van der Waals surface area contributed by atoms with Gasteiger partial charge in [0.25, 0.3) is 0 Å². The standard InChI is InChI=1S/C20H25N7OS/c1-2-16-17(9-21)19(26-5-3-15(23)4-6-26)25-20(18(16)10-22)29-13-14-11-24-27(12-14)7-8-28/h11-12,15,28H,2-8,13,23H2,1H3. The Morgan fingerprint density at radius 2 is 2.00 bits per heavy atom. The van der Waals surface area contributed by atoms with Gasteiger partial charge in [0.05, 0.1) is 30.5 Å². The van der Waals surface area contributed by atoms with E-state index < -0.39 is 0 Å². The summed E-state index contributed by atoms with van der Waals surface area (Å²) in [6.45, 7) is 3.96. The van der Waals surface area contributed by atoms with E-state index in [9.17, 15) is 10.5 Å². The van der Waals surface area contributed by atoms with E-state index in [-0.39, 0.29) is 12.6 Å². The van der Waals surface area contributed by atoms with Crippen LogP contribution < -0.4 is 10.6 Å². The molecule has 2 aromatic heterocycles. The molecule has 1 aliphatic rings. The highest BCUT2D eigenvalue weighted by atomic mass is 32.2. The van der Waals surface area contributed by atoms with Crippen molar-refractivity contribution in [3.05, 3.63) is 34.6 Å². The molecule has 3 rings (SSSR count). The number of anilines is 1. The molecule has 3 N–H and O–H groups in total. The van der Waals surface area contributed by atoms with Crippen molar-refractivity contribution < 1.29 is 5.11 Å². The fourth-order valence-electron chi connectivity index (χ4n) is 3.49. The van der Waals surface area contributed by atoms with Crippen LogP contribution in [0.25, 0.3) is 0 Å². The molecule has 0 spiro atoms. The first-order chi connectivity index (χ1) is 14.1. The van der Waals surface area contributed by atoms with Crippen molar-refractivity contribution in [3.63, 3.8) is 0 Å². The molecule has 0 radical (unpaired) electrons. The Morgan fingerprint density at radius 3 is 2.62 bits per heavy atom. The molecule has 1 fully saturated rings. The minimum atomic E-state index is 0.0345. The van der Waals surface area contributed by atoms with Gasteiger partial charge in [0.2, 0.25) is 0 Å². The van der Waals surface area contributed by atoms with Crippen molar-refractivity contribution in [2.24, 2.45) is 5.73 Å². The number of aromatic nitrogens is 3. The molecule has 0 amide bonds. The number of aliphatic hydroxyl groups excluding tert-OH is 1. The lowest BCUT2D eigenvalue weighted by Crippen LogP contribution is -2.40. The van der Waals surface area contributed by atoms with Gasteiger partial charge in [-0.05, 0) is 24.8 Å². The summed E-state index contributed by atoms with van der Waals surface area (Å²) in [7, 11) is 0. The van der Waals surface area contributed by atoms with Gasteiger partial charge in [-0.25, -0.2) is 4.98 Å². The summed E-state index contributed by atoms with van der Waals surface area (Å²) in [6, 6.07) is 4.73. The number of hydrogen-bond acceptors (Lipinski definition) is 8. The molecule has 9 heteroatoms. The summed E-state index contributed by atoms with van der Waals surface area (Å²) in [4.78, 5) is 6.88. The quantitative estimate of drug-likeness (QED) is 0.660. The van der Waals surface area contributed by atoms with E-state index in [1.54, 1.807) is 10.9 Å². The highest BCUT2D eigenvalue weighted by Gasteiger charge is 2.25. The Morgan fingerprint density at radius 1 is 1.28 bits per heavy atom. The Labute approximate surface area is 174 Å². The molecule has 29 heavy (non-hydrogen) atoms. The summed E-state index contributed by atoms with van der Waals surface area (Å²) in [5.41, 5.74) is 8.76. The third-order valence-electron chi connectivity index (χ3n) is 5.06. The summed E-state index contributed by atoms with van der Waals surface area (Å²) >= 11 is 1.47. The normalized spacial score (nSPS) is 14.6. The van der Waals surface area contributed by atoms with Crippen molar-refractivity contribution in [1.82, 2.24) is 14.8 Å². The molecule has 152 valence electrons. The third-order valence-corrected chi connectivity index (χ3v) is 6.10. The maximum Gasteiger partial charge on any atom is 0.148 e. The van der Waals surface area contributed by atoms with E-state index in [1.165, 1.54) is 11.8 Å². The lowest BCUT2D eigenvalue weighted by atomic mass is 10.00. The van der Waals surface area contributed by atoms with E-state index >= 15 is 0 Å². The molecular formula is C20H25N7OS. The number of rotatable bonds is 7. The Bertz CT molecular complexity index is 936. The number of pyridine rings is 1. The highest BCUT2D eigenvalue weighted by Crippen LogP contribution is 2.34. The van der Waals surface area contributed by atoms with E-state index in [0.717, 1.165) is 37.1 Å². The lowest BCUT2D eigenvalue weighted by molar-refractivity contribution is 0.269. The average molecular weight is 412 g/mol. The summed E-state index contributed by atoms with van der Waals surface area (Å²) < 4.78 is 1.69. The van der Waals surface area contributed by atoms with Crippen LogP contribution in [-0.4, -0.2) is 45.6 Å². The second-order valence-electron chi connectivity index (χ2n) is 6.99. The molecule has 0 aromatic carbocycles. The van der Waals surface area contributed by atoms with E-state index in [0.29, 0.717) is 40.7 Å². The zero-order chi connectivity index (χ0) is 20.8. The van der Waals surface area contributed by atoms with Crippen LogP contribution in [0.15, 0.2) is 17.4 Å². The predicted octanol–water partition coefficient (Wildman–Crippen LogP) is 1.80. The second-order valence-corrected chi connectivity index (χ2v) is 7.96. The number of nitrogens with two attached hydrogens (primary N) is 1. The first-order valence-corrected chi connectivity index (χ1v) is 10.7. The number of nitrogens with zero attached hydrogens (tertiary/aromatic N) is 6. The third kappa shape index (κ3) is 4.70. The van der Waals surface area contributed by atoms with Gasteiger partial charge in [0.15, 0.2) is 0 Å². The van der Waals surface area contributed by atoms with Crippen LogP contribution >= 0.6 is 11.8 Å². The monoisotopic (exact) mass is 411 g/mol. The molecule has 1 aliphatic heterocycles. The number of nitriles is 2. The van der Waals surface area contributed by atoms with Gasteiger partial charge in [-0.15, -0.1) is 11.8 Å². The van der Waals surface area contributed by atoms with E-state index in [1.807, 2.05) is 13.1 Å². The number of aliphatic hydroxyl groups is 1. The Balaban J connectivity index is 1.93. The number of thioether (sulfide) groups is 1. The Hall–Kier alpha value is -2.59. The van der Waals surface area contributed by atoms with Gasteiger partial charge in [0.1, 0.15) is 23.0 Å². The molecule has 0 aliphatic carbocycles. The first kappa shape index (κ1) is 21.1. The van der Waals surface area contributed by atoms with Crippen LogP contribution in [0.4, 0.5) is 5.82 Å². The van der Waals surface area contributed by atoms with Crippen molar-refractivity contribution in [2.75, 3.05) is 24.6 Å². The van der Waals surface area contributed by atoms with Crippen LogP contribution in [0.2, 0.25) is 0 Å². The van der Waals surface area contributed by atoms with Gasteiger partial charge in [-0.1, -0.05) is 6.92 Å². The zero-order valence-corrected chi connectivity index (χ0v) is 17.3. The van der Waals surface area contributed by atoms with Crippen molar-refractivity contribution in [2.45, 2.75) is 49.6 Å². The van der Waals surface area contributed by atoms with Gasteiger partial charge in [-0.3, -0.25) is 4.68 Å². The van der Waals surface area contributed by atoms with E-state index in [2.05, 4.69) is 22.1 Å². The molecule has 8 nitrogen and oxygen atoms in total. The fraction of sp³-hybridized carbons (Fsp3) is 0.500. The Kier molecular flexibility index (Phi) is 7.10. The molecular weight excluding hydrogens is 386 g/mol. The molecule has 0 unspecified atom stereocenters. The van der Waals surface area contributed by atoms with Gasteiger partial charge in [-0.2, -0.15) is 15.6 Å². The second kappa shape index (κ2) is 9.75. The molecule has 3 heterocycles. The zero-order valence-electron chi connectivity index (χ0n) is 16.5. The van der Waals surface area contributed by atoms with Crippen molar-refractivity contribution >= 4 is 17.6 Å². The van der Waals surface area contributed by atoms with Gasteiger partial charge in [0, 0.05) is 36.6 Å². The predicted molar refractivity (Wildman–Crippen MR) is 111 cm³/mol. The lowest BCUT2D eigenvalue weighted by Gasteiger charge is -2.32. The highest BCUT2D eigenvalue weighted by molar-refractivity contribution is 7.98. The SMILES string of the molecule is CCc1c(C#N)c(SCc2cnn(CCO)c2)nc(N2CCC(N)CC2)c1C#N. The molecule has 0 bridgehead atoms. The largest absolute Gasteiger partial charge is 0.394 e. The molecule has 0 atom stereocenters. The average Bonchev–Trinajstić information content (AvgIpc) is 3.19. The molecule has 1 saturated heterocycles. The van der Waals surface area contributed by atoms with Gasteiger partial charge < -0.3 is 15.7 Å². The van der Waals surface area contributed by atoms with Crippen LogP contribution in [0.3, 0.4) is 0 Å². The smallest absolute Gasteiger partial charge is 0.148 e. The topological polar surface area (TPSA) is 128 Å². The van der Waals surface area contributed by atoms with Crippen LogP contribution in [0.5, 0.6) is 0 Å². The van der Waals surface area contributed by atoms with Crippen LogP contribution in [0.1, 0.15) is 42.0 Å².